The summed E-state index contributed by atoms with van der Waals surface area (Å²) in [5.74, 6) is 3.29. The molecular weight excluding hydrogens is 232 g/mol. The van der Waals surface area contributed by atoms with Gasteiger partial charge in [-0.3, -0.25) is 4.79 Å². The van der Waals surface area contributed by atoms with Crippen LogP contribution in [0.15, 0.2) is 23.8 Å². The van der Waals surface area contributed by atoms with Crippen LogP contribution < -0.4 is 0 Å². The van der Waals surface area contributed by atoms with E-state index in [9.17, 15) is 4.79 Å². The van der Waals surface area contributed by atoms with Gasteiger partial charge in [-0.15, -0.1) is 0 Å². The van der Waals surface area contributed by atoms with Gasteiger partial charge in [0.2, 0.25) is 0 Å². The second kappa shape index (κ2) is 4.61. The molecule has 0 aliphatic heterocycles. The molecule has 0 aromatic rings. The highest BCUT2D eigenvalue weighted by Gasteiger charge is 2.46. The van der Waals surface area contributed by atoms with Crippen LogP contribution in [0.2, 0.25) is 0 Å². The predicted molar refractivity (Wildman–Crippen MR) is 78.7 cm³/mol. The van der Waals surface area contributed by atoms with Gasteiger partial charge in [0, 0.05) is 6.42 Å². The lowest BCUT2D eigenvalue weighted by molar-refractivity contribution is -0.115. The van der Waals surface area contributed by atoms with Crippen LogP contribution >= 0.6 is 0 Å². The van der Waals surface area contributed by atoms with E-state index in [-0.39, 0.29) is 0 Å². The first-order valence-electron chi connectivity index (χ1n) is 7.98. The third-order valence-corrected chi connectivity index (χ3v) is 6.51. The van der Waals surface area contributed by atoms with Gasteiger partial charge in [0.1, 0.15) is 0 Å². The largest absolute Gasteiger partial charge is 0.295 e. The van der Waals surface area contributed by atoms with Gasteiger partial charge in [0.15, 0.2) is 5.78 Å². The second-order valence-electron chi connectivity index (χ2n) is 7.19. The molecule has 0 spiro atoms. The number of hydrogen-bond acceptors (Lipinski definition) is 1. The Morgan fingerprint density at radius 1 is 1.37 bits per heavy atom. The fourth-order valence-electron chi connectivity index (χ4n) is 4.71. The van der Waals surface area contributed by atoms with Crippen molar-refractivity contribution in [3.63, 3.8) is 0 Å². The normalized spacial score (nSPS) is 45.4. The van der Waals surface area contributed by atoms with Crippen LogP contribution in [0.25, 0.3) is 0 Å². The number of carbonyl (C=O) groups is 1. The van der Waals surface area contributed by atoms with Crippen molar-refractivity contribution in [3.8, 4) is 0 Å². The number of carbonyl (C=O) groups excluding carboxylic acids is 1. The Hall–Kier alpha value is -0.850. The molecule has 1 heteroatoms. The van der Waals surface area contributed by atoms with E-state index in [1.807, 2.05) is 6.08 Å². The lowest BCUT2D eigenvalue weighted by atomic mass is 9.53. The smallest absolute Gasteiger partial charge is 0.155 e. The molecule has 3 aliphatic rings. The van der Waals surface area contributed by atoms with Crippen LogP contribution in [0.3, 0.4) is 0 Å². The van der Waals surface area contributed by atoms with Gasteiger partial charge in [-0.2, -0.15) is 0 Å². The maximum atomic E-state index is 11.6. The zero-order valence-corrected chi connectivity index (χ0v) is 12.5. The molecule has 3 aliphatic carbocycles. The minimum atomic E-state index is 0.330. The second-order valence-corrected chi connectivity index (χ2v) is 7.19. The standard InChI is InChI=1S/C18H26O/c1-4-18(3)10-9-17-15(12(18)2)7-5-13-11-14(19)6-8-16(13)17/h5,7,11-12,15-17H,4,6,8-10H2,1-3H3/t12-,15-,16-,17-,18-/m0/s1. The van der Waals surface area contributed by atoms with Crippen molar-refractivity contribution in [2.75, 3.05) is 0 Å². The molecule has 104 valence electrons. The Bertz CT molecular complexity index is 445. The highest BCUT2D eigenvalue weighted by molar-refractivity contribution is 5.91. The molecule has 1 saturated carbocycles. The highest BCUT2D eigenvalue weighted by Crippen LogP contribution is 2.55. The quantitative estimate of drug-likeness (QED) is 0.675. The van der Waals surface area contributed by atoms with E-state index in [4.69, 9.17) is 0 Å². The van der Waals surface area contributed by atoms with Gasteiger partial charge in [-0.05, 0) is 60.0 Å². The lowest BCUT2D eigenvalue weighted by Crippen LogP contribution is -2.43. The summed E-state index contributed by atoms with van der Waals surface area (Å²) in [6.45, 7) is 7.26. The average molecular weight is 258 g/mol. The zero-order valence-electron chi connectivity index (χ0n) is 12.5. The van der Waals surface area contributed by atoms with Crippen LogP contribution in [-0.2, 0) is 4.79 Å². The van der Waals surface area contributed by atoms with Gasteiger partial charge in [0.05, 0.1) is 0 Å². The number of fused-ring (bicyclic) bond motifs is 3. The Morgan fingerprint density at radius 2 is 2.16 bits per heavy atom. The number of rotatable bonds is 1. The third-order valence-electron chi connectivity index (χ3n) is 6.51. The Balaban J connectivity index is 1.92. The Morgan fingerprint density at radius 3 is 2.89 bits per heavy atom. The van der Waals surface area contributed by atoms with Crippen LogP contribution in [0.1, 0.15) is 52.9 Å². The molecule has 0 aromatic carbocycles. The number of ketones is 1. The van der Waals surface area contributed by atoms with Gasteiger partial charge in [-0.1, -0.05) is 39.3 Å². The van der Waals surface area contributed by atoms with Crippen LogP contribution in [0.5, 0.6) is 0 Å². The predicted octanol–water partition coefficient (Wildman–Crippen LogP) is 4.54. The number of allylic oxidation sites excluding steroid dienone is 4. The molecule has 0 aromatic heterocycles. The first-order valence-corrected chi connectivity index (χ1v) is 7.98. The van der Waals surface area contributed by atoms with Crippen molar-refractivity contribution >= 4 is 5.78 Å². The Kier molecular flexibility index (Phi) is 3.19. The van der Waals surface area contributed by atoms with E-state index in [0.717, 1.165) is 30.6 Å². The van der Waals surface area contributed by atoms with Crippen molar-refractivity contribution in [2.45, 2.75) is 52.9 Å². The molecule has 3 rings (SSSR count). The summed E-state index contributed by atoms with van der Waals surface area (Å²) in [5.41, 5.74) is 1.84. The number of hydrogen-bond donors (Lipinski definition) is 0. The van der Waals surface area contributed by atoms with E-state index in [0.29, 0.717) is 17.1 Å². The first kappa shape index (κ1) is 13.1. The summed E-state index contributed by atoms with van der Waals surface area (Å²) >= 11 is 0. The summed E-state index contributed by atoms with van der Waals surface area (Å²) in [4.78, 5) is 11.6. The van der Waals surface area contributed by atoms with Crippen LogP contribution in [-0.4, -0.2) is 5.78 Å². The minimum Gasteiger partial charge on any atom is -0.295 e. The van der Waals surface area contributed by atoms with Gasteiger partial charge >= 0.3 is 0 Å². The molecule has 0 unspecified atom stereocenters. The molecule has 19 heavy (non-hydrogen) atoms. The maximum Gasteiger partial charge on any atom is 0.155 e. The molecule has 0 heterocycles. The van der Waals surface area contributed by atoms with Gasteiger partial charge in [0.25, 0.3) is 0 Å². The topological polar surface area (TPSA) is 17.1 Å². The van der Waals surface area contributed by atoms with Crippen molar-refractivity contribution in [1.29, 1.82) is 0 Å². The van der Waals surface area contributed by atoms with Gasteiger partial charge in [-0.25, -0.2) is 0 Å². The monoisotopic (exact) mass is 258 g/mol. The van der Waals surface area contributed by atoms with Crippen molar-refractivity contribution in [3.05, 3.63) is 23.8 Å². The lowest BCUT2D eigenvalue weighted by Gasteiger charge is -2.51. The molecule has 0 bridgehead atoms. The molecule has 0 saturated heterocycles. The molecule has 0 radical (unpaired) electrons. The summed E-state index contributed by atoms with van der Waals surface area (Å²) in [6.07, 6.45) is 12.5. The molecule has 1 nitrogen and oxygen atoms in total. The minimum absolute atomic E-state index is 0.330. The van der Waals surface area contributed by atoms with E-state index < -0.39 is 0 Å². The van der Waals surface area contributed by atoms with Crippen molar-refractivity contribution < 1.29 is 4.79 Å². The first-order chi connectivity index (χ1) is 9.05. The Labute approximate surface area is 117 Å². The molecule has 0 amide bonds. The fourth-order valence-corrected chi connectivity index (χ4v) is 4.71. The van der Waals surface area contributed by atoms with Crippen molar-refractivity contribution in [1.82, 2.24) is 0 Å². The third kappa shape index (κ3) is 2.02. The molecule has 0 N–H and O–H groups in total. The van der Waals surface area contributed by atoms with Crippen LogP contribution in [0.4, 0.5) is 0 Å². The summed E-state index contributed by atoms with van der Waals surface area (Å²) < 4.78 is 0. The summed E-state index contributed by atoms with van der Waals surface area (Å²) in [7, 11) is 0. The summed E-state index contributed by atoms with van der Waals surface area (Å²) in [6, 6.07) is 0. The van der Waals surface area contributed by atoms with E-state index in [2.05, 4.69) is 32.9 Å². The zero-order chi connectivity index (χ0) is 13.6. The van der Waals surface area contributed by atoms with Crippen LogP contribution in [0, 0.1) is 29.1 Å². The highest BCUT2D eigenvalue weighted by atomic mass is 16.1. The molecule has 5 atom stereocenters. The SMILES string of the molecule is CC[C@@]1(C)CC[C@H]2[C@@H](C=CC3=CC(=O)CC[C@@H]32)[C@@H]1C. The molecule has 1 fully saturated rings. The van der Waals surface area contributed by atoms with E-state index in [1.165, 1.54) is 24.8 Å². The average Bonchev–Trinajstić information content (AvgIpc) is 2.42. The van der Waals surface area contributed by atoms with Gasteiger partial charge < -0.3 is 0 Å². The summed E-state index contributed by atoms with van der Waals surface area (Å²) in [5, 5.41) is 0. The fraction of sp³-hybridized carbons (Fsp3) is 0.722. The molecular formula is C18H26O. The maximum absolute atomic E-state index is 11.6. The van der Waals surface area contributed by atoms with Crippen molar-refractivity contribution in [2.24, 2.45) is 29.1 Å². The van der Waals surface area contributed by atoms with E-state index >= 15 is 0 Å². The van der Waals surface area contributed by atoms with E-state index in [1.54, 1.807) is 0 Å².